The molecule has 1 fully saturated rings. The number of amides is 1. The molecule has 1 N–H and O–H groups in total. The Balaban J connectivity index is 1.78. The van der Waals surface area contributed by atoms with Crippen LogP contribution in [0.4, 0.5) is 0 Å². The summed E-state index contributed by atoms with van der Waals surface area (Å²) in [6.45, 7) is 6.99. The number of hydrogen-bond donors (Lipinski definition) is 1. The quantitative estimate of drug-likeness (QED) is 0.857. The van der Waals surface area contributed by atoms with Gasteiger partial charge >= 0.3 is 0 Å². The third kappa shape index (κ3) is 5.33. The van der Waals surface area contributed by atoms with Gasteiger partial charge in [-0.3, -0.25) is 4.79 Å². The Kier molecular flexibility index (Phi) is 6.07. The highest BCUT2D eigenvalue weighted by molar-refractivity contribution is 7.92. The first-order chi connectivity index (χ1) is 11.2. The molecule has 0 heterocycles. The van der Waals surface area contributed by atoms with Crippen LogP contribution in [0, 0.1) is 0 Å². The summed E-state index contributed by atoms with van der Waals surface area (Å²) in [7, 11) is -3.29. The number of benzene rings is 1. The second-order valence-electron chi connectivity index (χ2n) is 7.76. The van der Waals surface area contributed by atoms with Gasteiger partial charge in [0.1, 0.15) is 5.75 Å². The number of nitrogens with one attached hydrogen (secondary N) is 1. The summed E-state index contributed by atoms with van der Waals surface area (Å²) in [6.07, 6.45) is 4.03. The van der Waals surface area contributed by atoms with Crippen molar-refractivity contribution in [3.63, 3.8) is 0 Å². The van der Waals surface area contributed by atoms with E-state index >= 15 is 0 Å². The maximum atomic E-state index is 12.1. The molecule has 5 heteroatoms. The Bertz CT molecular complexity index is 651. The lowest BCUT2D eigenvalue weighted by Crippen LogP contribution is -2.35. The molecule has 4 nitrogen and oxygen atoms in total. The van der Waals surface area contributed by atoms with E-state index in [0.717, 1.165) is 18.4 Å². The lowest BCUT2D eigenvalue weighted by atomic mass is 9.86. The minimum Gasteiger partial charge on any atom is -0.355 e. The van der Waals surface area contributed by atoms with Crippen LogP contribution in [-0.4, -0.2) is 31.9 Å². The average molecular weight is 352 g/mol. The minimum absolute atomic E-state index is 0.126. The SMILES string of the molecule is CC(C)(C)c1ccc(CCNC(=O)CS(=O)(=O)C2CCCC2)cc1. The van der Waals surface area contributed by atoms with Gasteiger partial charge in [-0.15, -0.1) is 0 Å². The van der Waals surface area contributed by atoms with Gasteiger partial charge in [0.05, 0.1) is 5.25 Å². The molecule has 1 amide bonds. The Labute approximate surface area is 146 Å². The first-order valence-electron chi connectivity index (χ1n) is 8.76. The van der Waals surface area contributed by atoms with Crippen LogP contribution in [-0.2, 0) is 26.5 Å². The molecular weight excluding hydrogens is 322 g/mol. The summed E-state index contributed by atoms with van der Waals surface area (Å²) in [4.78, 5) is 11.9. The average Bonchev–Trinajstić information content (AvgIpc) is 3.01. The van der Waals surface area contributed by atoms with E-state index in [-0.39, 0.29) is 22.3 Å². The van der Waals surface area contributed by atoms with Crippen LogP contribution in [0.2, 0.25) is 0 Å². The molecule has 0 aliphatic heterocycles. The standard InChI is InChI=1S/C19H29NO3S/c1-19(2,3)16-10-8-15(9-11-16)12-13-20-18(21)14-24(22,23)17-6-4-5-7-17/h8-11,17H,4-7,12-14H2,1-3H3,(H,20,21). The lowest BCUT2D eigenvalue weighted by molar-refractivity contribution is -0.118. The van der Waals surface area contributed by atoms with Gasteiger partial charge in [-0.1, -0.05) is 57.9 Å². The molecule has 0 radical (unpaired) electrons. The second kappa shape index (κ2) is 7.68. The van der Waals surface area contributed by atoms with Gasteiger partial charge in [-0.25, -0.2) is 8.42 Å². The minimum atomic E-state index is -3.29. The zero-order chi connectivity index (χ0) is 17.8. The molecule has 1 aliphatic carbocycles. The monoisotopic (exact) mass is 351 g/mol. The first-order valence-corrected chi connectivity index (χ1v) is 10.5. The van der Waals surface area contributed by atoms with E-state index in [4.69, 9.17) is 0 Å². The van der Waals surface area contributed by atoms with Crippen molar-refractivity contribution in [3.8, 4) is 0 Å². The van der Waals surface area contributed by atoms with Crippen molar-refractivity contribution >= 4 is 15.7 Å². The van der Waals surface area contributed by atoms with Gasteiger partial charge < -0.3 is 5.32 Å². The van der Waals surface area contributed by atoms with E-state index in [9.17, 15) is 13.2 Å². The zero-order valence-electron chi connectivity index (χ0n) is 15.0. The predicted molar refractivity (Wildman–Crippen MR) is 97.9 cm³/mol. The van der Waals surface area contributed by atoms with Gasteiger partial charge in [-0.2, -0.15) is 0 Å². The van der Waals surface area contributed by atoms with Crippen molar-refractivity contribution in [1.29, 1.82) is 0 Å². The third-order valence-corrected chi connectivity index (χ3v) is 6.85. The first kappa shape index (κ1) is 19.0. The van der Waals surface area contributed by atoms with Gasteiger partial charge in [-0.05, 0) is 35.8 Å². The van der Waals surface area contributed by atoms with Crippen LogP contribution in [0.25, 0.3) is 0 Å². The van der Waals surface area contributed by atoms with Gasteiger partial charge in [0.2, 0.25) is 5.91 Å². The van der Waals surface area contributed by atoms with Crippen LogP contribution in [0.1, 0.15) is 57.6 Å². The Morgan fingerprint density at radius 3 is 2.25 bits per heavy atom. The largest absolute Gasteiger partial charge is 0.355 e. The zero-order valence-corrected chi connectivity index (χ0v) is 15.8. The maximum absolute atomic E-state index is 12.1. The van der Waals surface area contributed by atoms with E-state index in [1.54, 1.807) is 0 Å². The molecule has 0 saturated heterocycles. The molecule has 134 valence electrons. The smallest absolute Gasteiger partial charge is 0.235 e. The van der Waals surface area contributed by atoms with Crippen molar-refractivity contribution < 1.29 is 13.2 Å². The summed E-state index contributed by atoms with van der Waals surface area (Å²) in [6, 6.07) is 8.37. The topological polar surface area (TPSA) is 63.2 Å². The molecule has 1 aromatic rings. The van der Waals surface area contributed by atoms with Crippen LogP contribution >= 0.6 is 0 Å². The maximum Gasteiger partial charge on any atom is 0.235 e. The van der Waals surface area contributed by atoms with Gasteiger partial charge in [0.15, 0.2) is 9.84 Å². The molecule has 1 aromatic carbocycles. The molecule has 1 aliphatic rings. The summed E-state index contributed by atoms with van der Waals surface area (Å²) >= 11 is 0. The molecule has 2 rings (SSSR count). The fourth-order valence-electron chi connectivity index (χ4n) is 3.12. The molecule has 0 atom stereocenters. The normalized spacial score (nSPS) is 16.3. The predicted octanol–water partition coefficient (Wildman–Crippen LogP) is 3.00. The molecule has 0 unspecified atom stereocenters. The number of hydrogen-bond acceptors (Lipinski definition) is 3. The van der Waals surface area contributed by atoms with Crippen LogP contribution in [0.5, 0.6) is 0 Å². The fourth-order valence-corrected chi connectivity index (χ4v) is 4.87. The molecule has 1 saturated carbocycles. The highest BCUT2D eigenvalue weighted by atomic mass is 32.2. The third-order valence-electron chi connectivity index (χ3n) is 4.70. The van der Waals surface area contributed by atoms with Crippen LogP contribution < -0.4 is 5.32 Å². The lowest BCUT2D eigenvalue weighted by Gasteiger charge is -2.19. The number of carbonyl (C=O) groups is 1. The summed E-state index contributed by atoms with van der Waals surface area (Å²) < 4.78 is 24.3. The van der Waals surface area contributed by atoms with E-state index in [0.29, 0.717) is 25.8 Å². The van der Waals surface area contributed by atoms with Gasteiger partial charge in [0, 0.05) is 6.54 Å². The van der Waals surface area contributed by atoms with Crippen molar-refractivity contribution in [2.75, 3.05) is 12.3 Å². The summed E-state index contributed by atoms with van der Waals surface area (Å²) in [5.41, 5.74) is 2.54. The molecule has 0 bridgehead atoms. The second-order valence-corrected chi connectivity index (χ2v) is 10.0. The van der Waals surface area contributed by atoms with Crippen LogP contribution in [0.3, 0.4) is 0 Å². The van der Waals surface area contributed by atoms with E-state index in [1.165, 1.54) is 5.56 Å². The Morgan fingerprint density at radius 1 is 1.12 bits per heavy atom. The fraction of sp³-hybridized carbons (Fsp3) is 0.632. The molecule has 0 aromatic heterocycles. The van der Waals surface area contributed by atoms with Crippen molar-refractivity contribution in [2.45, 2.75) is 63.5 Å². The highest BCUT2D eigenvalue weighted by Crippen LogP contribution is 2.25. The molecular formula is C19H29NO3S. The Hall–Kier alpha value is -1.36. The molecule has 0 spiro atoms. The number of rotatable bonds is 6. The van der Waals surface area contributed by atoms with E-state index in [1.807, 2.05) is 0 Å². The van der Waals surface area contributed by atoms with Crippen molar-refractivity contribution in [2.24, 2.45) is 0 Å². The van der Waals surface area contributed by atoms with Gasteiger partial charge in [0.25, 0.3) is 0 Å². The number of carbonyl (C=O) groups excluding carboxylic acids is 1. The summed E-state index contributed by atoms with van der Waals surface area (Å²) in [5, 5.41) is 2.43. The van der Waals surface area contributed by atoms with E-state index < -0.39 is 9.84 Å². The van der Waals surface area contributed by atoms with Crippen molar-refractivity contribution in [3.05, 3.63) is 35.4 Å². The van der Waals surface area contributed by atoms with Crippen molar-refractivity contribution in [1.82, 2.24) is 5.32 Å². The van der Waals surface area contributed by atoms with E-state index in [2.05, 4.69) is 50.4 Å². The number of sulfone groups is 1. The van der Waals surface area contributed by atoms with Crippen LogP contribution in [0.15, 0.2) is 24.3 Å². The summed E-state index contributed by atoms with van der Waals surface area (Å²) in [5.74, 6) is -0.756. The highest BCUT2D eigenvalue weighted by Gasteiger charge is 2.30. The Morgan fingerprint density at radius 2 is 1.71 bits per heavy atom. The molecule has 24 heavy (non-hydrogen) atoms.